The molecule has 0 aliphatic rings. The Kier molecular flexibility index (Phi) is 3.89. The Balaban J connectivity index is 3.75. The van der Waals surface area contributed by atoms with E-state index in [1.54, 1.807) is 6.92 Å². The highest BCUT2D eigenvalue weighted by atomic mass is 79.9. The van der Waals surface area contributed by atoms with Gasteiger partial charge in [0.15, 0.2) is 0 Å². The van der Waals surface area contributed by atoms with Crippen LogP contribution in [0.3, 0.4) is 0 Å². The summed E-state index contributed by atoms with van der Waals surface area (Å²) in [6, 6.07) is 0. The molecule has 3 nitrogen and oxygen atoms in total. The molecule has 0 bridgehead atoms. The average molecular weight is 210 g/mol. The van der Waals surface area contributed by atoms with Gasteiger partial charge in [0.05, 0.1) is 0 Å². The van der Waals surface area contributed by atoms with E-state index in [0.717, 1.165) is 0 Å². The maximum Gasteiger partial charge on any atom is 0.234 e. The van der Waals surface area contributed by atoms with Gasteiger partial charge in [0, 0.05) is 6.61 Å². The summed E-state index contributed by atoms with van der Waals surface area (Å²) >= 11 is 3.16. The highest BCUT2D eigenvalue weighted by Crippen LogP contribution is 2.22. The first-order valence-corrected chi connectivity index (χ1v) is 3.89. The molecule has 0 aliphatic carbocycles. The zero-order valence-corrected chi connectivity index (χ0v) is 7.52. The van der Waals surface area contributed by atoms with Crippen molar-refractivity contribution >= 4 is 21.8 Å². The first kappa shape index (κ1) is 9.91. The molecule has 60 valence electrons. The van der Waals surface area contributed by atoms with Crippen molar-refractivity contribution in [2.75, 3.05) is 6.61 Å². The van der Waals surface area contributed by atoms with Gasteiger partial charge in [-0.2, -0.15) is 0 Å². The van der Waals surface area contributed by atoms with Gasteiger partial charge in [0.2, 0.25) is 5.91 Å². The van der Waals surface area contributed by atoms with Crippen LogP contribution in [0, 0.1) is 0 Å². The lowest BCUT2D eigenvalue weighted by Gasteiger charge is -2.16. The number of aliphatic hydroxyl groups excluding tert-OH is 1. The summed E-state index contributed by atoms with van der Waals surface area (Å²) in [4.78, 5) is 10.6. The largest absolute Gasteiger partial charge is 0.396 e. The summed E-state index contributed by atoms with van der Waals surface area (Å²) in [6.07, 6.45) is 1.16. The molecular weight excluding hydrogens is 198 g/mol. The molecule has 0 aliphatic heterocycles. The molecule has 1 atom stereocenters. The topological polar surface area (TPSA) is 63.3 Å². The number of hydrogen-bond acceptors (Lipinski definition) is 2. The normalized spacial score (nSPS) is 16.3. The van der Waals surface area contributed by atoms with Crippen molar-refractivity contribution in [2.24, 2.45) is 5.73 Å². The van der Waals surface area contributed by atoms with Crippen molar-refractivity contribution in [1.82, 2.24) is 0 Å². The number of halogens is 1. The molecule has 1 amide bonds. The first-order valence-electron chi connectivity index (χ1n) is 3.10. The number of nitrogens with two attached hydrogens (primary N) is 1. The van der Waals surface area contributed by atoms with Crippen molar-refractivity contribution in [2.45, 2.75) is 24.1 Å². The van der Waals surface area contributed by atoms with Crippen molar-refractivity contribution < 1.29 is 9.90 Å². The van der Waals surface area contributed by atoms with Crippen LogP contribution in [0.2, 0.25) is 0 Å². The minimum Gasteiger partial charge on any atom is -0.396 e. The molecule has 0 aromatic heterocycles. The Bertz CT molecular complexity index is 125. The molecule has 0 heterocycles. The third kappa shape index (κ3) is 3.17. The van der Waals surface area contributed by atoms with Crippen molar-refractivity contribution in [3.05, 3.63) is 0 Å². The molecule has 1 unspecified atom stereocenters. The third-order valence-corrected chi connectivity index (χ3v) is 2.11. The highest BCUT2D eigenvalue weighted by Gasteiger charge is 2.25. The first-order chi connectivity index (χ1) is 4.50. The number of amides is 1. The van der Waals surface area contributed by atoms with Crippen LogP contribution in [0.1, 0.15) is 19.8 Å². The molecule has 0 saturated heterocycles. The second kappa shape index (κ2) is 3.93. The minimum absolute atomic E-state index is 0.0917. The van der Waals surface area contributed by atoms with Crippen LogP contribution >= 0.6 is 15.9 Å². The van der Waals surface area contributed by atoms with E-state index in [4.69, 9.17) is 10.8 Å². The van der Waals surface area contributed by atoms with E-state index in [-0.39, 0.29) is 12.5 Å². The lowest BCUT2D eigenvalue weighted by Crippen LogP contribution is -2.35. The standard InChI is InChI=1S/C6H12BrNO2/c1-6(7,5(8)10)3-2-4-9/h9H,2-4H2,1H3,(H2,8,10). The summed E-state index contributed by atoms with van der Waals surface area (Å²) in [7, 11) is 0. The summed E-state index contributed by atoms with van der Waals surface area (Å²) in [5.41, 5.74) is 5.04. The second-order valence-corrected chi connectivity index (χ2v) is 4.14. The molecule has 3 N–H and O–H groups in total. The SMILES string of the molecule is CC(Br)(CCCO)C(N)=O. The zero-order chi connectivity index (χ0) is 8.20. The quantitative estimate of drug-likeness (QED) is 0.659. The van der Waals surface area contributed by atoms with Crippen LogP contribution in [0.5, 0.6) is 0 Å². The number of aliphatic hydroxyl groups is 1. The summed E-state index contributed by atoms with van der Waals surface area (Å²) in [5.74, 6) is -0.388. The number of alkyl halides is 1. The van der Waals surface area contributed by atoms with Crippen LogP contribution < -0.4 is 5.73 Å². The maximum atomic E-state index is 10.6. The summed E-state index contributed by atoms with van der Waals surface area (Å²) in [5, 5.41) is 8.44. The second-order valence-electron chi connectivity index (χ2n) is 2.39. The van der Waals surface area contributed by atoms with Crippen molar-refractivity contribution in [3.63, 3.8) is 0 Å². The monoisotopic (exact) mass is 209 g/mol. The predicted octanol–water partition coefficient (Wildman–Crippen LogP) is 0.398. The van der Waals surface area contributed by atoms with Gasteiger partial charge in [-0.25, -0.2) is 0 Å². The van der Waals surface area contributed by atoms with Crippen LogP contribution in [0.25, 0.3) is 0 Å². The molecule has 10 heavy (non-hydrogen) atoms. The fraction of sp³-hybridized carbons (Fsp3) is 0.833. The van der Waals surface area contributed by atoms with E-state index in [0.29, 0.717) is 12.8 Å². The Morgan fingerprint density at radius 3 is 2.60 bits per heavy atom. The predicted molar refractivity (Wildman–Crippen MR) is 42.8 cm³/mol. The fourth-order valence-corrected chi connectivity index (χ4v) is 0.815. The number of hydrogen-bond donors (Lipinski definition) is 2. The van der Waals surface area contributed by atoms with E-state index in [9.17, 15) is 4.79 Å². The van der Waals surface area contributed by atoms with E-state index < -0.39 is 4.32 Å². The van der Waals surface area contributed by atoms with Crippen LogP contribution in [-0.2, 0) is 4.79 Å². The Morgan fingerprint density at radius 2 is 2.30 bits per heavy atom. The van der Waals surface area contributed by atoms with E-state index in [1.165, 1.54) is 0 Å². The van der Waals surface area contributed by atoms with Gasteiger partial charge in [-0.15, -0.1) is 0 Å². The highest BCUT2D eigenvalue weighted by molar-refractivity contribution is 9.10. The average Bonchev–Trinajstić information content (AvgIpc) is 1.84. The molecule has 0 aromatic carbocycles. The molecule has 0 spiro atoms. The minimum atomic E-state index is -0.657. The van der Waals surface area contributed by atoms with Crippen LogP contribution in [0.4, 0.5) is 0 Å². The van der Waals surface area contributed by atoms with Crippen LogP contribution in [0.15, 0.2) is 0 Å². The molecule has 0 aromatic rings. The molecule has 0 rings (SSSR count). The summed E-state index contributed by atoms with van der Waals surface area (Å²) in [6.45, 7) is 1.79. The number of rotatable bonds is 4. The molecule has 0 saturated carbocycles. The van der Waals surface area contributed by atoms with E-state index in [1.807, 2.05) is 0 Å². The molecule has 0 fully saturated rings. The Morgan fingerprint density at radius 1 is 1.80 bits per heavy atom. The van der Waals surface area contributed by atoms with E-state index >= 15 is 0 Å². The van der Waals surface area contributed by atoms with E-state index in [2.05, 4.69) is 15.9 Å². The number of carbonyl (C=O) groups excluding carboxylic acids is 1. The van der Waals surface area contributed by atoms with Gasteiger partial charge in [-0.3, -0.25) is 4.79 Å². The van der Waals surface area contributed by atoms with Gasteiger partial charge in [0.25, 0.3) is 0 Å². The smallest absolute Gasteiger partial charge is 0.234 e. The lowest BCUT2D eigenvalue weighted by molar-refractivity contribution is -0.119. The molecular formula is C6H12BrNO2. The molecule has 4 heteroatoms. The Labute approximate surface area is 68.7 Å². The Hall–Kier alpha value is -0.0900. The van der Waals surface area contributed by atoms with Gasteiger partial charge >= 0.3 is 0 Å². The number of primary amides is 1. The van der Waals surface area contributed by atoms with Crippen molar-refractivity contribution in [1.29, 1.82) is 0 Å². The lowest BCUT2D eigenvalue weighted by atomic mass is 10.1. The third-order valence-electron chi connectivity index (χ3n) is 1.32. The van der Waals surface area contributed by atoms with Gasteiger partial charge in [-0.05, 0) is 19.8 Å². The van der Waals surface area contributed by atoms with Gasteiger partial charge < -0.3 is 10.8 Å². The number of carbonyl (C=O) groups is 1. The maximum absolute atomic E-state index is 10.6. The molecule has 0 radical (unpaired) electrons. The van der Waals surface area contributed by atoms with Crippen molar-refractivity contribution in [3.8, 4) is 0 Å². The van der Waals surface area contributed by atoms with Gasteiger partial charge in [-0.1, -0.05) is 15.9 Å². The van der Waals surface area contributed by atoms with Crippen LogP contribution in [-0.4, -0.2) is 21.9 Å². The zero-order valence-electron chi connectivity index (χ0n) is 5.93. The fourth-order valence-electron chi connectivity index (χ4n) is 0.534. The summed E-state index contributed by atoms with van der Waals surface area (Å²) < 4.78 is -0.657. The van der Waals surface area contributed by atoms with Gasteiger partial charge in [0.1, 0.15) is 4.32 Å².